The Morgan fingerprint density at radius 2 is 1.85 bits per heavy atom. The van der Waals surface area contributed by atoms with Crippen LogP contribution in [0.5, 0.6) is 5.75 Å². The molecule has 102 valence electrons. The molecule has 2 aromatic carbocycles. The van der Waals surface area contributed by atoms with Crippen molar-refractivity contribution in [1.29, 1.82) is 0 Å². The van der Waals surface area contributed by atoms with E-state index in [1.165, 1.54) is 6.92 Å². The summed E-state index contributed by atoms with van der Waals surface area (Å²) in [5.74, 6) is 0.132. The van der Waals surface area contributed by atoms with Gasteiger partial charge in [-0.2, -0.15) is 0 Å². The normalized spacial score (nSPS) is 10.8. The largest absolute Gasteiger partial charge is 0.426 e. The van der Waals surface area contributed by atoms with Gasteiger partial charge in [-0.15, -0.1) is 0 Å². The van der Waals surface area contributed by atoms with E-state index < -0.39 is 0 Å². The lowest BCUT2D eigenvalue weighted by Crippen LogP contribution is -2.02. The van der Waals surface area contributed by atoms with Crippen molar-refractivity contribution < 1.29 is 9.53 Å². The molecule has 0 spiro atoms. The maximum absolute atomic E-state index is 11.1. The number of ether oxygens (including phenoxy) is 1. The Bertz CT molecular complexity index is 665. The van der Waals surface area contributed by atoms with Crippen molar-refractivity contribution in [3.05, 3.63) is 63.1 Å². The summed E-state index contributed by atoms with van der Waals surface area (Å²) in [7, 11) is 0. The quantitative estimate of drug-likeness (QED) is 0.432. The fraction of sp³-hybridized carbons (Fsp3) is 0.0625. The van der Waals surface area contributed by atoms with Crippen LogP contribution in [-0.4, -0.2) is 5.97 Å². The first-order valence-corrected chi connectivity index (χ1v) is 7.14. The molecule has 2 nitrogen and oxygen atoms in total. The van der Waals surface area contributed by atoms with Crippen molar-refractivity contribution in [3.8, 4) is 5.75 Å². The van der Waals surface area contributed by atoms with E-state index in [1.807, 2.05) is 36.4 Å². The molecule has 0 bridgehead atoms. The number of hydrogen-bond acceptors (Lipinski definition) is 2. The molecule has 0 amide bonds. The molecule has 0 heterocycles. The Hall–Kier alpha value is -1.58. The minimum absolute atomic E-state index is 0.358. The van der Waals surface area contributed by atoms with Crippen LogP contribution in [0.4, 0.5) is 0 Å². The van der Waals surface area contributed by atoms with E-state index in [1.54, 1.807) is 18.2 Å². The molecule has 0 atom stereocenters. The van der Waals surface area contributed by atoms with E-state index in [0.717, 1.165) is 15.6 Å². The average molecular weight is 352 g/mol. The molecule has 0 aromatic heterocycles. The summed E-state index contributed by atoms with van der Waals surface area (Å²) in [6.07, 6.45) is 3.80. The highest BCUT2D eigenvalue weighted by Crippen LogP contribution is 2.26. The zero-order valence-electron chi connectivity index (χ0n) is 10.8. The number of benzene rings is 2. The lowest BCUT2D eigenvalue weighted by Gasteiger charge is -2.06. The summed E-state index contributed by atoms with van der Waals surface area (Å²) in [5, 5.41) is 0.590. The van der Waals surface area contributed by atoms with Crippen molar-refractivity contribution in [2.75, 3.05) is 0 Å². The van der Waals surface area contributed by atoms with Crippen molar-refractivity contribution in [2.24, 2.45) is 0 Å². The van der Waals surface area contributed by atoms with Gasteiger partial charge >= 0.3 is 5.97 Å². The summed E-state index contributed by atoms with van der Waals surface area (Å²) in [5.41, 5.74) is 1.78. The van der Waals surface area contributed by atoms with Gasteiger partial charge in [-0.25, -0.2) is 0 Å². The molecule has 0 aliphatic heterocycles. The third-order valence-corrected chi connectivity index (χ3v) is 3.53. The SMILES string of the molecule is CC(=O)Oc1ccc(Cl)cc1/C=C/c1ccccc1Br. The van der Waals surface area contributed by atoms with Crippen LogP contribution >= 0.6 is 27.5 Å². The summed E-state index contributed by atoms with van der Waals surface area (Å²) in [6.45, 7) is 1.37. The van der Waals surface area contributed by atoms with Gasteiger partial charge < -0.3 is 4.74 Å². The van der Waals surface area contributed by atoms with Gasteiger partial charge in [0.05, 0.1) is 0 Å². The van der Waals surface area contributed by atoms with Crippen LogP contribution in [0, 0.1) is 0 Å². The molecule has 2 aromatic rings. The fourth-order valence-electron chi connectivity index (χ4n) is 1.69. The van der Waals surface area contributed by atoms with Crippen molar-refractivity contribution in [1.82, 2.24) is 0 Å². The second kappa shape index (κ2) is 6.73. The lowest BCUT2D eigenvalue weighted by atomic mass is 10.1. The second-order valence-corrected chi connectivity index (χ2v) is 5.42. The van der Waals surface area contributed by atoms with Gasteiger partial charge in [0.25, 0.3) is 0 Å². The van der Waals surface area contributed by atoms with Crippen molar-refractivity contribution in [3.63, 3.8) is 0 Å². The summed E-state index contributed by atoms with van der Waals surface area (Å²) in [6, 6.07) is 13.0. The van der Waals surface area contributed by atoms with Crippen LogP contribution < -0.4 is 4.74 Å². The molecule has 0 unspecified atom stereocenters. The zero-order valence-corrected chi connectivity index (χ0v) is 13.1. The number of rotatable bonds is 3. The highest BCUT2D eigenvalue weighted by atomic mass is 79.9. The summed E-state index contributed by atoms with van der Waals surface area (Å²) in [4.78, 5) is 11.1. The monoisotopic (exact) mass is 350 g/mol. The number of hydrogen-bond donors (Lipinski definition) is 0. The number of carbonyl (C=O) groups excluding carboxylic acids is 1. The molecule has 0 N–H and O–H groups in total. The Morgan fingerprint density at radius 3 is 2.55 bits per heavy atom. The third-order valence-electron chi connectivity index (χ3n) is 2.57. The van der Waals surface area contributed by atoms with Crippen LogP contribution in [0.15, 0.2) is 46.9 Å². The van der Waals surface area contributed by atoms with Crippen LogP contribution in [0.2, 0.25) is 5.02 Å². The number of carbonyl (C=O) groups is 1. The van der Waals surface area contributed by atoms with Gasteiger partial charge in [0.2, 0.25) is 0 Å². The Balaban J connectivity index is 2.35. The molecule has 4 heteroatoms. The molecule has 2 rings (SSSR count). The lowest BCUT2D eigenvalue weighted by molar-refractivity contribution is -0.131. The summed E-state index contributed by atoms with van der Waals surface area (Å²) >= 11 is 9.46. The smallest absolute Gasteiger partial charge is 0.308 e. The Morgan fingerprint density at radius 1 is 1.15 bits per heavy atom. The number of esters is 1. The Labute approximate surface area is 131 Å². The van der Waals surface area contributed by atoms with Gasteiger partial charge in [0, 0.05) is 22.0 Å². The molecule has 0 saturated heterocycles. The second-order valence-electron chi connectivity index (χ2n) is 4.13. The molecule has 0 fully saturated rings. The fourth-order valence-corrected chi connectivity index (χ4v) is 2.28. The Kier molecular flexibility index (Phi) is 4.99. The molecular weight excluding hydrogens is 340 g/mol. The van der Waals surface area contributed by atoms with E-state index >= 15 is 0 Å². The topological polar surface area (TPSA) is 26.3 Å². The maximum atomic E-state index is 11.1. The molecule has 0 aliphatic rings. The predicted molar refractivity (Wildman–Crippen MR) is 85.8 cm³/mol. The molecular formula is C16H12BrClO2. The van der Waals surface area contributed by atoms with Crippen LogP contribution in [0.3, 0.4) is 0 Å². The van der Waals surface area contributed by atoms with Gasteiger partial charge in [-0.05, 0) is 29.8 Å². The van der Waals surface area contributed by atoms with Gasteiger partial charge in [-0.3, -0.25) is 4.79 Å². The predicted octanol–water partition coefficient (Wildman–Crippen LogP) is 5.20. The van der Waals surface area contributed by atoms with Gasteiger partial charge in [0.1, 0.15) is 5.75 Å². The molecule has 0 radical (unpaired) electrons. The van der Waals surface area contributed by atoms with Crippen LogP contribution in [-0.2, 0) is 4.79 Å². The van der Waals surface area contributed by atoms with E-state index in [0.29, 0.717) is 10.8 Å². The molecule has 0 aliphatic carbocycles. The number of halogens is 2. The van der Waals surface area contributed by atoms with Gasteiger partial charge in [0.15, 0.2) is 0 Å². The molecule has 20 heavy (non-hydrogen) atoms. The van der Waals surface area contributed by atoms with Crippen molar-refractivity contribution in [2.45, 2.75) is 6.92 Å². The standard InChI is InChI=1S/C16H12BrClO2/c1-11(19)20-16-9-8-14(18)10-13(16)7-6-12-4-2-3-5-15(12)17/h2-10H,1H3/b7-6+. The minimum atomic E-state index is -0.358. The van der Waals surface area contributed by atoms with E-state index in [9.17, 15) is 4.79 Å². The van der Waals surface area contributed by atoms with E-state index in [2.05, 4.69) is 15.9 Å². The molecule has 0 saturated carbocycles. The first kappa shape index (κ1) is 14.8. The summed E-state index contributed by atoms with van der Waals surface area (Å²) < 4.78 is 6.15. The minimum Gasteiger partial charge on any atom is -0.426 e. The first-order chi connectivity index (χ1) is 9.56. The highest BCUT2D eigenvalue weighted by Gasteiger charge is 2.05. The highest BCUT2D eigenvalue weighted by molar-refractivity contribution is 9.10. The van der Waals surface area contributed by atoms with Crippen LogP contribution in [0.1, 0.15) is 18.1 Å². The van der Waals surface area contributed by atoms with Crippen molar-refractivity contribution >= 4 is 45.7 Å². The van der Waals surface area contributed by atoms with Gasteiger partial charge in [-0.1, -0.05) is 57.9 Å². The van der Waals surface area contributed by atoms with E-state index in [-0.39, 0.29) is 5.97 Å². The third kappa shape index (κ3) is 3.95. The van der Waals surface area contributed by atoms with Crippen LogP contribution in [0.25, 0.3) is 12.2 Å². The first-order valence-electron chi connectivity index (χ1n) is 5.97. The zero-order chi connectivity index (χ0) is 14.5. The maximum Gasteiger partial charge on any atom is 0.308 e. The average Bonchev–Trinajstić information content (AvgIpc) is 2.40. The van der Waals surface area contributed by atoms with E-state index in [4.69, 9.17) is 16.3 Å².